The quantitative estimate of drug-likeness (QED) is 0.359. The van der Waals surface area contributed by atoms with Crippen molar-refractivity contribution in [3.63, 3.8) is 0 Å². The molecule has 0 bridgehead atoms. The molecule has 0 aliphatic heterocycles. The van der Waals surface area contributed by atoms with Crippen LogP contribution in [-0.2, 0) is 29.2 Å². The number of rotatable bonds is 7. The van der Waals surface area contributed by atoms with E-state index < -0.39 is 20.8 Å². The maximum atomic E-state index is 10.0. The summed E-state index contributed by atoms with van der Waals surface area (Å²) in [6.45, 7) is -0.647. The minimum absolute atomic E-state index is 0.134. The average Bonchev–Trinajstić information content (AvgIpc) is 1.98. The van der Waals surface area contributed by atoms with Gasteiger partial charge in [-0.05, 0) is 6.42 Å². The van der Waals surface area contributed by atoms with Gasteiger partial charge in [-0.2, -0.15) is 16.8 Å². The van der Waals surface area contributed by atoms with Gasteiger partial charge in [-0.25, -0.2) is 8.37 Å². The van der Waals surface area contributed by atoms with Crippen LogP contribution in [0.2, 0.25) is 0 Å². The molecule has 0 rings (SSSR count). The highest BCUT2D eigenvalue weighted by Gasteiger charge is 2.02. The zero-order valence-electron chi connectivity index (χ0n) is 7.44. The molecule has 0 saturated carbocycles. The molecule has 0 aromatic heterocycles. The third-order valence-electron chi connectivity index (χ3n) is 0.997. The molecule has 0 radical (unpaired) electrons. The highest BCUT2D eigenvalue weighted by molar-refractivity contribution is 7.81. The van der Waals surface area contributed by atoms with E-state index in [1.165, 1.54) is 12.2 Å². The van der Waals surface area contributed by atoms with Gasteiger partial charge in [0.1, 0.15) is 0 Å². The zero-order chi connectivity index (χ0) is 11.9. The molecule has 0 atom stereocenters. The summed E-state index contributed by atoms with van der Waals surface area (Å²) in [5, 5.41) is 0. The Morgan fingerprint density at radius 2 is 1.47 bits per heavy atom. The molecule has 0 aliphatic carbocycles. The van der Waals surface area contributed by atoms with Crippen LogP contribution in [0.5, 0.6) is 0 Å². The fourth-order valence-corrected chi connectivity index (χ4v) is 1.09. The van der Waals surface area contributed by atoms with E-state index in [0.717, 1.165) is 0 Å². The van der Waals surface area contributed by atoms with Crippen LogP contribution in [0.4, 0.5) is 0 Å². The van der Waals surface area contributed by atoms with Crippen LogP contribution < -0.4 is 0 Å². The van der Waals surface area contributed by atoms with Gasteiger partial charge in [-0.3, -0.25) is 9.11 Å². The summed E-state index contributed by atoms with van der Waals surface area (Å²) in [5.41, 5.74) is 0. The van der Waals surface area contributed by atoms with Gasteiger partial charge in [0.25, 0.3) is 0 Å². The summed E-state index contributed by atoms with van der Waals surface area (Å²) in [6.07, 6.45) is 2.73. The normalized spacial score (nSPS) is 13.5. The van der Waals surface area contributed by atoms with Crippen molar-refractivity contribution >= 4 is 20.8 Å². The fourth-order valence-electron chi connectivity index (χ4n) is 0.533. The molecule has 2 N–H and O–H groups in total. The Labute approximate surface area is 87.4 Å². The van der Waals surface area contributed by atoms with Crippen molar-refractivity contribution in [3.8, 4) is 0 Å². The highest BCUT2D eigenvalue weighted by Crippen LogP contribution is 1.92. The van der Waals surface area contributed by atoms with Crippen molar-refractivity contribution in [1.82, 2.24) is 0 Å². The lowest BCUT2D eigenvalue weighted by molar-refractivity contribution is 0.273. The molecule has 0 amide bonds. The monoisotopic (exact) mass is 262 g/mol. The second-order valence-corrected chi connectivity index (χ2v) is 4.40. The molecule has 10 heteroatoms. The lowest BCUT2D eigenvalue weighted by atomic mass is 10.4. The van der Waals surface area contributed by atoms with Crippen molar-refractivity contribution < 1.29 is 34.3 Å². The van der Waals surface area contributed by atoms with Crippen molar-refractivity contribution in [2.75, 3.05) is 13.2 Å². The largest absolute Gasteiger partial charge is 0.397 e. The Hall–Kier alpha value is -0.520. The van der Waals surface area contributed by atoms with Crippen LogP contribution in [0, 0.1) is 0 Å². The predicted molar refractivity (Wildman–Crippen MR) is 48.8 cm³/mol. The van der Waals surface area contributed by atoms with Gasteiger partial charge in [-0.15, -0.1) is 0 Å². The van der Waals surface area contributed by atoms with Crippen molar-refractivity contribution in [2.45, 2.75) is 6.42 Å². The van der Waals surface area contributed by atoms with E-state index in [9.17, 15) is 16.8 Å². The van der Waals surface area contributed by atoms with Crippen LogP contribution in [0.25, 0.3) is 0 Å². The van der Waals surface area contributed by atoms with E-state index in [2.05, 4.69) is 8.37 Å². The lowest BCUT2D eigenvalue weighted by Crippen LogP contribution is -2.04. The molecule has 0 aliphatic rings. The first-order chi connectivity index (χ1) is 6.71. The molecule has 0 saturated heterocycles. The van der Waals surface area contributed by atoms with Crippen molar-refractivity contribution in [3.05, 3.63) is 12.2 Å². The molecule has 90 valence electrons. The van der Waals surface area contributed by atoms with Crippen molar-refractivity contribution in [1.29, 1.82) is 0 Å². The third kappa shape index (κ3) is 13.5. The minimum atomic E-state index is -4.46. The summed E-state index contributed by atoms with van der Waals surface area (Å²) in [4.78, 5) is 0. The molecule has 0 spiro atoms. The van der Waals surface area contributed by atoms with Crippen LogP contribution in [0.1, 0.15) is 6.42 Å². The van der Waals surface area contributed by atoms with Gasteiger partial charge >= 0.3 is 20.8 Å². The topological polar surface area (TPSA) is 127 Å². The van der Waals surface area contributed by atoms with Gasteiger partial charge in [0, 0.05) is 0 Å². The molecule has 15 heavy (non-hydrogen) atoms. The van der Waals surface area contributed by atoms with E-state index in [4.69, 9.17) is 9.11 Å². The molecule has 0 fully saturated rings. The third-order valence-corrected chi connectivity index (χ3v) is 1.90. The molecule has 0 aromatic rings. The molecule has 0 aromatic carbocycles. The smallest absolute Gasteiger partial charge is 0.264 e. The maximum Gasteiger partial charge on any atom is 0.397 e. The van der Waals surface area contributed by atoms with Crippen molar-refractivity contribution in [2.24, 2.45) is 0 Å². The molecule has 0 heterocycles. The summed E-state index contributed by atoms with van der Waals surface area (Å²) in [5.74, 6) is 0. The second-order valence-electron chi connectivity index (χ2n) is 2.22. The maximum absolute atomic E-state index is 10.0. The van der Waals surface area contributed by atoms with Gasteiger partial charge < -0.3 is 0 Å². The van der Waals surface area contributed by atoms with Gasteiger partial charge in [0.15, 0.2) is 0 Å². The first kappa shape index (κ1) is 14.5. The average molecular weight is 262 g/mol. The van der Waals surface area contributed by atoms with Gasteiger partial charge in [0.2, 0.25) is 0 Å². The Kier molecular flexibility index (Phi) is 5.93. The van der Waals surface area contributed by atoms with E-state index in [-0.39, 0.29) is 19.6 Å². The van der Waals surface area contributed by atoms with E-state index in [0.29, 0.717) is 0 Å². The van der Waals surface area contributed by atoms with E-state index in [1.54, 1.807) is 0 Å². The Morgan fingerprint density at radius 1 is 0.933 bits per heavy atom. The SMILES string of the molecule is O=S(=O)(O)OC/C=C/CCOS(=O)(=O)O. The predicted octanol–water partition coefficient (Wildman–Crippen LogP) is -0.428. The van der Waals surface area contributed by atoms with Crippen LogP contribution in [-0.4, -0.2) is 39.2 Å². The van der Waals surface area contributed by atoms with E-state index >= 15 is 0 Å². The molecular formula is C5H10O8S2. The van der Waals surface area contributed by atoms with Gasteiger partial charge in [0.05, 0.1) is 13.2 Å². The summed E-state index contributed by atoms with van der Waals surface area (Å²) >= 11 is 0. The molecular weight excluding hydrogens is 252 g/mol. The Bertz CT molecular complexity index is 391. The zero-order valence-corrected chi connectivity index (χ0v) is 9.07. The molecule has 8 nitrogen and oxygen atoms in total. The molecule has 0 unspecified atom stereocenters. The summed E-state index contributed by atoms with van der Waals surface area (Å²) in [6, 6.07) is 0. The fraction of sp³-hybridized carbons (Fsp3) is 0.600. The lowest BCUT2D eigenvalue weighted by Gasteiger charge is -1.95. The Morgan fingerprint density at radius 3 is 1.93 bits per heavy atom. The van der Waals surface area contributed by atoms with Crippen LogP contribution in [0.3, 0.4) is 0 Å². The highest BCUT2D eigenvalue weighted by atomic mass is 32.3. The second kappa shape index (κ2) is 6.15. The standard InChI is InChI=1S/C5H10O8S2/c6-14(7,8)12-4-2-1-3-5-13-15(9,10)11/h1-2H,3-5H2,(H,6,7,8)(H,9,10,11)/b2-1+. The van der Waals surface area contributed by atoms with Crippen LogP contribution >= 0.6 is 0 Å². The Balaban J connectivity index is 3.57. The number of hydrogen-bond acceptors (Lipinski definition) is 6. The minimum Gasteiger partial charge on any atom is -0.264 e. The summed E-state index contributed by atoms with van der Waals surface area (Å²) < 4.78 is 64.2. The first-order valence-electron chi connectivity index (χ1n) is 3.59. The first-order valence-corrected chi connectivity index (χ1v) is 6.32. The van der Waals surface area contributed by atoms with Gasteiger partial charge in [-0.1, -0.05) is 12.2 Å². The number of hydrogen-bond donors (Lipinski definition) is 2. The van der Waals surface area contributed by atoms with Crippen LogP contribution in [0.15, 0.2) is 12.2 Å². The summed E-state index contributed by atoms with van der Waals surface area (Å²) in [7, 11) is -8.90. The van der Waals surface area contributed by atoms with E-state index in [1.807, 2.05) is 0 Å².